The first-order valence-electron chi connectivity index (χ1n) is 7.73. The molecule has 1 amide bonds. The number of thioether (sulfide) groups is 1. The number of aryl methyl sites for hydroxylation is 1. The summed E-state index contributed by atoms with van der Waals surface area (Å²) in [6.07, 6.45) is 0.874. The molecule has 0 aliphatic carbocycles. The van der Waals surface area contributed by atoms with E-state index in [4.69, 9.17) is 9.47 Å². The van der Waals surface area contributed by atoms with Gasteiger partial charge in [0.15, 0.2) is 15.8 Å². The monoisotopic (exact) mass is 365 g/mol. The number of aromatic nitrogens is 2. The van der Waals surface area contributed by atoms with Crippen LogP contribution >= 0.6 is 23.1 Å². The van der Waals surface area contributed by atoms with Gasteiger partial charge in [0.1, 0.15) is 5.01 Å². The first kappa shape index (κ1) is 17.0. The number of fused-ring (bicyclic) bond motifs is 1. The largest absolute Gasteiger partial charge is 0.490 e. The molecule has 1 aliphatic rings. The molecule has 8 heteroatoms. The Bertz CT molecular complexity index is 720. The number of nitrogens with zero attached hydrogens (tertiary/aromatic N) is 2. The highest BCUT2D eigenvalue weighted by Crippen LogP contribution is 2.32. The highest BCUT2D eigenvalue weighted by atomic mass is 32.2. The van der Waals surface area contributed by atoms with Gasteiger partial charge in [-0.1, -0.05) is 29.2 Å². The van der Waals surface area contributed by atoms with Crippen molar-refractivity contribution in [3.8, 4) is 11.5 Å². The van der Waals surface area contributed by atoms with Crippen molar-refractivity contribution in [1.82, 2.24) is 15.5 Å². The molecule has 1 unspecified atom stereocenters. The minimum atomic E-state index is -0.105. The zero-order valence-corrected chi connectivity index (χ0v) is 15.2. The topological polar surface area (TPSA) is 73.3 Å². The van der Waals surface area contributed by atoms with Crippen molar-refractivity contribution in [2.45, 2.75) is 30.6 Å². The third-order valence-electron chi connectivity index (χ3n) is 3.48. The molecule has 128 valence electrons. The fraction of sp³-hybridized carbons (Fsp3) is 0.438. The fourth-order valence-electron chi connectivity index (χ4n) is 2.28. The molecule has 1 aliphatic heterocycles. The van der Waals surface area contributed by atoms with Crippen molar-refractivity contribution in [2.75, 3.05) is 19.0 Å². The van der Waals surface area contributed by atoms with Gasteiger partial charge < -0.3 is 14.8 Å². The second-order valence-electron chi connectivity index (χ2n) is 5.42. The van der Waals surface area contributed by atoms with Gasteiger partial charge in [-0.2, -0.15) is 0 Å². The molecule has 6 nitrogen and oxygen atoms in total. The molecule has 0 spiro atoms. The van der Waals surface area contributed by atoms with E-state index in [1.54, 1.807) is 0 Å². The summed E-state index contributed by atoms with van der Waals surface area (Å²) in [5.74, 6) is 1.79. The molecule has 2 aromatic rings. The highest BCUT2D eigenvalue weighted by molar-refractivity contribution is 8.01. The maximum absolute atomic E-state index is 12.1. The molecule has 0 fully saturated rings. The minimum Gasteiger partial charge on any atom is -0.490 e. The Morgan fingerprint density at radius 1 is 1.33 bits per heavy atom. The average Bonchev–Trinajstić information content (AvgIpc) is 2.84. The summed E-state index contributed by atoms with van der Waals surface area (Å²) in [4.78, 5) is 12.1. The number of hydrogen-bond acceptors (Lipinski definition) is 7. The van der Waals surface area contributed by atoms with Crippen LogP contribution < -0.4 is 14.8 Å². The summed E-state index contributed by atoms with van der Waals surface area (Å²) >= 11 is 2.89. The molecule has 0 saturated heterocycles. The van der Waals surface area contributed by atoms with Crippen LogP contribution in [0.1, 0.15) is 30.0 Å². The Balaban J connectivity index is 1.56. The minimum absolute atomic E-state index is 0.0348. The van der Waals surface area contributed by atoms with Gasteiger partial charge >= 0.3 is 0 Å². The number of amides is 1. The van der Waals surface area contributed by atoms with E-state index in [0.717, 1.165) is 32.8 Å². The predicted molar refractivity (Wildman–Crippen MR) is 94.0 cm³/mol. The van der Waals surface area contributed by atoms with Gasteiger partial charge in [-0.25, -0.2) is 0 Å². The van der Waals surface area contributed by atoms with Crippen LogP contribution in [0.15, 0.2) is 22.5 Å². The molecular formula is C16H19N3O3S2. The van der Waals surface area contributed by atoms with Crippen LogP contribution in [0.2, 0.25) is 0 Å². The summed E-state index contributed by atoms with van der Waals surface area (Å²) in [5.41, 5.74) is 0.990. The number of nitrogens with one attached hydrogen (secondary N) is 1. The maximum Gasteiger partial charge on any atom is 0.230 e. The van der Waals surface area contributed by atoms with Crippen LogP contribution in [-0.2, 0) is 4.79 Å². The number of carbonyl (C=O) groups excluding carboxylic acids is 1. The van der Waals surface area contributed by atoms with Gasteiger partial charge in [-0.05, 0) is 31.5 Å². The third kappa shape index (κ3) is 4.39. The van der Waals surface area contributed by atoms with E-state index in [-0.39, 0.29) is 11.9 Å². The van der Waals surface area contributed by atoms with Gasteiger partial charge in [0.25, 0.3) is 0 Å². The van der Waals surface area contributed by atoms with E-state index in [2.05, 4.69) is 15.5 Å². The molecule has 1 aromatic heterocycles. The third-order valence-corrected chi connectivity index (χ3v) is 5.46. The van der Waals surface area contributed by atoms with Crippen LogP contribution in [-0.4, -0.2) is 35.1 Å². The van der Waals surface area contributed by atoms with Crippen molar-refractivity contribution in [3.05, 3.63) is 28.8 Å². The van der Waals surface area contributed by atoms with E-state index in [9.17, 15) is 4.79 Å². The SMILES string of the molecule is Cc1nnc(SCC(=O)NC(C)c2ccc3c(c2)OCCCO3)s1. The van der Waals surface area contributed by atoms with Crippen molar-refractivity contribution in [3.63, 3.8) is 0 Å². The molecular weight excluding hydrogens is 346 g/mol. The van der Waals surface area contributed by atoms with Crippen LogP contribution in [0.3, 0.4) is 0 Å². The van der Waals surface area contributed by atoms with Gasteiger partial charge in [0.05, 0.1) is 25.0 Å². The second kappa shape index (κ2) is 7.85. The van der Waals surface area contributed by atoms with Gasteiger partial charge in [0.2, 0.25) is 5.91 Å². The number of carbonyl (C=O) groups is 1. The molecule has 1 atom stereocenters. The predicted octanol–water partition coefficient (Wildman–Crippen LogP) is 2.98. The normalized spacial score (nSPS) is 14.8. The smallest absolute Gasteiger partial charge is 0.230 e. The maximum atomic E-state index is 12.1. The summed E-state index contributed by atoms with van der Waals surface area (Å²) in [5, 5.41) is 11.8. The van der Waals surface area contributed by atoms with E-state index in [1.165, 1.54) is 23.1 Å². The molecule has 0 bridgehead atoms. The number of rotatable bonds is 5. The van der Waals surface area contributed by atoms with Crippen LogP contribution in [0, 0.1) is 6.92 Å². The summed E-state index contributed by atoms with van der Waals surface area (Å²) < 4.78 is 12.1. The lowest BCUT2D eigenvalue weighted by atomic mass is 10.1. The Morgan fingerprint density at radius 2 is 2.12 bits per heavy atom. The van der Waals surface area contributed by atoms with Gasteiger partial charge in [-0.3, -0.25) is 4.79 Å². The summed E-state index contributed by atoms with van der Waals surface area (Å²) in [6, 6.07) is 5.69. The molecule has 0 saturated carbocycles. The fourth-order valence-corrected chi connectivity index (χ4v) is 3.91. The van der Waals surface area contributed by atoms with Gasteiger partial charge in [-0.15, -0.1) is 10.2 Å². The lowest BCUT2D eigenvalue weighted by molar-refractivity contribution is -0.119. The Kier molecular flexibility index (Phi) is 5.57. The number of ether oxygens (including phenoxy) is 2. The van der Waals surface area contributed by atoms with Crippen LogP contribution in [0.4, 0.5) is 0 Å². The van der Waals surface area contributed by atoms with E-state index in [0.29, 0.717) is 19.0 Å². The van der Waals surface area contributed by atoms with E-state index >= 15 is 0 Å². The zero-order chi connectivity index (χ0) is 16.9. The standard InChI is InChI=1S/C16H19N3O3S2/c1-10(17-15(20)9-23-16-19-18-11(2)24-16)12-4-5-13-14(8-12)22-7-3-6-21-13/h4-5,8,10H,3,6-7,9H2,1-2H3,(H,17,20). The molecule has 1 aromatic carbocycles. The lowest BCUT2D eigenvalue weighted by Gasteiger charge is -2.16. The molecule has 1 N–H and O–H groups in total. The van der Waals surface area contributed by atoms with Crippen molar-refractivity contribution in [2.24, 2.45) is 0 Å². The molecule has 24 heavy (non-hydrogen) atoms. The quantitative estimate of drug-likeness (QED) is 0.821. The zero-order valence-electron chi connectivity index (χ0n) is 13.6. The molecule has 2 heterocycles. The van der Waals surface area contributed by atoms with E-state index in [1.807, 2.05) is 32.0 Å². The second-order valence-corrected chi connectivity index (χ2v) is 7.83. The first-order valence-corrected chi connectivity index (χ1v) is 9.54. The molecule has 3 rings (SSSR count). The Labute approximate surface area is 149 Å². The first-order chi connectivity index (χ1) is 11.6. The van der Waals surface area contributed by atoms with E-state index < -0.39 is 0 Å². The van der Waals surface area contributed by atoms with Crippen molar-refractivity contribution in [1.29, 1.82) is 0 Å². The van der Waals surface area contributed by atoms with Crippen molar-refractivity contribution < 1.29 is 14.3 Å². The summed E-state index contributed by atoms with van der Waals surface area (Å²) in [6.45, 7) is 5.17. The van der Waals surface area contributed by atoms with Crippen LogP contribution in [0.5, 0.6) is 11.5 Å². The van der Waals surface area contributed by atoms with Crippen LogP contribution in [0.25, 0.3) is 0 Å². The van der Waals surface area contributed by atoms with Crippen molar-refractivity contribution >= 4 is 29.0 Å². The number of benzene rings is 1. The Morgan fingerprint density at radius 3 is 2.88 bits per heavy atom. The molecule has 0 radical (unpaired) electrons. The van der Waals surface area contributed by atoms with Gasteiger partial charge in [0, 0.05) is 6.42 Å². The summed E-state index contributed by atoms with van der Waals surface area (Å²) in [7, 11) is 0. The Hall–Kier alpha value is -1.80. The lowest BCUT2D eigenvalue weighted by Crippen LogP contribution is -2.28. The average molecular weight is 365 g/mol. The highest BCUT2D eigenvalue weighted by Gasteiger charge is 2.15. The number of hydrogen-bond donors (Lipinski definition) is 1.